The minimum Gasteiger partial charge on any atom is -0.296 e. The lowest BCUT2D eigenvalue weighted by Gasteiger charge is -2.00. The van der Waals surface area contributed by atoms with Crippen LogP contribution in [0, 0.1) is 13.8 Å². The van der Waals surface area contributed by atoms with Gasteiger partial charge in [0.1, 0.15) is 0 Å². The Morgan fingerprint density at radius 1 is 1.19 bits per heavy atom. The molecule has 0 radical (unpaired) electrons. The Labute approximate surface area is 126 Å². The molecule has 0 atom stereocenters. The van der Waals surface area contributed by atoms with E-state index in [1.54, 1.807) is 16.9 Å². The van der Waals surface area contributed by atoms with E-state index in [0.29, 0.717) is 10.8 Å². The lowest BCUT2D eigenvalue weighted by molar-refractivity contribution is 0.102. The molecule has 0 aliphatic rings. The zero-order valence-electron chi connectivity index (χ0n) is 11.7. The highest BCUT2D eigenvalue weighted by atomic mass is 32.1. The van der Waals surface area contributed by atoms with Gasteiger partial charge in [-0.15, -0.1) is 11.3 Å². The molecule has 6 heteroatoms. The number of carbonyl (C=O) groups excluding carboxylic acids is 1. The van der Waals surface area contributed by atoms with E-state index in [2.05, 4.69) is 15.4 Å². The number of hydrogen-bond acceptors (Lipinski definition) is 4. The molecule has 1 N–H and O–H groups in total. The molecule has 0 spiro atoms. The molecule has 0 unspecified atom stereocenters. The van der Waals surface area contributed by atoms with Crippen molar-refractivity contribution in [1.82, 2.24) is 14.8 Å². The molecule has 1 aromatic carbocycles. The number of nitrogens with zero attached hydrogens (tertiary/aromatic N) is 3. The van der Waals surface area contributed by atoms with Gasteiger partial charge in [0.2, 0.25) is 0 Å². The summed E-state index contributed by atoms with van der Waals surface area (Å²) in [7, 11) is 0. The molecule has 1 amide bonds. The fourth-order valence-electron chi connectivity index (χ4n) is 1.86. The molecular formula is C15H14N4OS. The molecule has 3 aromatic rings. The van der Waals surface area contributed by atoms with E-state index in [9.17, 15) is 4.79 Å². The maximum atomic E-state index is 12.2. The Bertz CT molecular complexity index is 757. The Morgan fingerprint density at radius 3 is 2.62 bits per heavy atom. The zero-order chi connectivity index (χ0) is 14.8. The molecule has 0 saturated heterocycles. The number of nitrogens with one attached hydrogen (secondary N) is 1. The van der Waals surface area contributed by atoms with Gasteiger partial charge < -0.3 is 0 Å². The van der Waals surface area contributed by atoms with E-state index in [1.807, 2.05) is 44.2 Å². The van der Waals surface area contributed by atoms with Crippen LogP contribution >= 0.6 is 11.3 Å². The third kappa shape index (κ3) is 2.85. The Hall–Kier alpha value is -2.47. The highest BCUT2D eigenvalue weighted by Crippen LogP contribution is 2.21. The van der Waals surface area contributed by atoms with Crippen LogP contribution in [0.4, 0.5) is 5.13 Å². The first-order chi connectivity index (χ1) is 10.1. The number of rotatable bonds is 3. The van der Waals surface area contributed by atoms with Crippen molar-refractivity contribution in [1.29, 1.82) is 0 Å². The van der Waals surface area contributed by atoms with Crippen LogP contribution in [0.3, 0.4) is 0 Å². The van der Waals surface area contributed by atoms with E-state index in [4.69, 9.17) is 0 Å². The summed E-state index contributed by atoms with van der Waals surface area (Å²) in [5, 5.41) is 7.67. The number of amides is 1. The van der Waals surface area contributed by atoms with Gasteiger partial charge in [0, 0.05) is 11.1 Å². The monoisotopic (exact) mass is 298 g/mol. The lowest BCUT2D eigenvalue weighted by atomic mass is 10.3. The molecule has 3 rings (SSSR count). The maximum Gasteiger partial charge on any atom is 0.277 e. The van der Waals surface area contributed by atoms with Crippen LogP contribution in [-0.2, 0) is 0 Å². The number of thiazole rings is 1. The molecule has 0 aliphatic carbocycles. The molecule has 106 valence electrons. The van der Waals surface area contributed by atoms with Crippen molar-refractivity contribution in [2.75, 3.05) is 5.32 Å². The van der Waals surface area contributed by atoms with Crippen LogP contribution in [0.1, 0.15) is 21.1 Å². The lowest BCUT2D eigenvalue weighted by Crippen LogP contribution is -2.13. The Morgan fingerprint density at radius 2 is 1.95 bits per heavy atom. The number of benzene rings is 1. The van der Waals surface area contributed by atoms with Gasteiger partial charge >= 0.3 is 0 Å². The highest BCUT2D eigenvalue weighted by molar-refractivity contribution is 7.15. The second-order valence-electron chi connectivity index (χ2n) is 4.60. The number of para-hydroxylation sites is 1. The first-order valence-corrected chi connectivity index (χ1v) is 7.31. The molecule has 0 aliphatic heterocycles. The second-order valence-corrected chi connectivity index (χ2v) is 5.80. The number of anilines is 1. The van der Waals surface area contributed by atoms with Gasteiger partial charge in [-0.25, -0.2) is 9.67 Å². The third-order valence-electron chi connectivity index (χ3n) is 3.09. The largest absolute Gasteiger partial charge is 0.296 e. The summed E-state index contributed by atoms with van der Waals surface area (Å²) in [5.41, 5.74) is 2.21. The van der Waals surface area contributed by atoms with Crippen molar-refractivity contribution in [3.8, 4) is 5.69 Å². The van der Waals surface area contributed by atoms with Gasteiger partial charge in [-0.2, -0.15) is 5.10 Å². The standard InChI is InChI=1S/C15H14N4OS/c1-10-11(2)21-15(16-10)17-14(20)13-8-9-19(18-13)12-6-4-3-5-7-12/h3-9H,1-2H3,(H,16,17,20). The summed E-state index contributed by atoms with van der Waals surface area (Å²) in [5.74, 6) is -0.251. The molecule has 21 heavy (non-hydrogen) atoms. The van der Waals surface area contributed by atoms with Crippen molar-refractivity contribution >= 4 is 22.4 Å². The van der Waals surface area contributed by atoms with Gasteiger partial charge in [-0.3, -0.25) is 10.1 Å². The minimum atomic E-state index is -0.251. The average molecular weight is 298 g/mol. The van der Waals surface area contributed by atoms with Gasteiger partial charge in [0.15, 0.2) is 10.8 Å². The molecule has 2 heterocycles. The summed E-state index contributed by atoms with van der Waals surface area (Å²) in [4.78, 5) is 17.5. The normalized spacial score (nSPS) is 10.6. The summed E-state index contributed by atoms with van der Waals surface area (Å²) in [6, 6.07) is 11.4. The first kappa shape index (κ1) is 13.5. The highest BCUT2D eigenvalue weighted by Gasteiger charge is 2.13. The average Bonchev–Trinajstić information content (AvgIpc) is 3.08. The molecule has 0 saturated carbocycles. The smallest absolute Gasteiger partial charge is 0.277 e. The minimum absolute atomic E-state index is 0.251. The van der Waals surface area contributed by atoms with Crippen LogP contribution < -0.4 is 5.32 Å². The van der Waals surface area contributed by atoms with Crippen molar-refractivity contribution in [3.05, 3.63) is 58.9 Å². The van der Waals surface area contributed by atoms with Crippen molar-refractivity contribution in [2.24, 2.45) is 0 Å². The summed E-state index contributed by atoms with van der Waals surface area (Å²) >= 11 is 1.46. The van der Waals surface area contributed by atoms with E-state index >= 15 is 0 Å². The van der Waals surface area contributed by atoms with Gasteiger partial charge in [0.05, 0.1) is 11.4 Å². The van der Waals surface area contributed by atoms with E-state index in [-0.39, 0.29) is 5.91 Å². The Kier molecular flexibility index (Phi) is 3.53. The van der Waals surface area contributed by atoms with E-state index in [1.165, 1.54) is 11.3 Å². The predicted molar refractivity (Wildman–Crippen MR) is 83.1 cm³/mol. The van der Waals surface area contributed by atoms with Crippen molar-refractivity contribution in [3.63, 3.8) is 0 Å². The molecule has 0 fully saturated rings. The fourth-order valence-corrected chi connectivity index (χ4v) is 2.67. The van der Waals surface area contributed by atoms with E-state index in [0.717, 1.165) is 16.3 Å². The van der Waals surface area contributed by atoms with Crippen LogP contribution in [0.2, 0.25) is 0 Å². The predicted octanol–water partition coefficient (Wildman–Crippen LogP) is 3.20. The maximum absolute atomic E-state index is 12.2. The zero-order valence-corrected chi connectivity index (χ0v) is 12.5. The first-order valence-electron chi connectivity index (χ1n) is 6.50. The number of aromatic nitrogens is 3. The topological polar surface area (TPSA) is 59.8 Å². The van der Waals surface area contributed by atoms with Crippen LogP contribution in [0.15, 0.2) is 42.6 Å². The Balaban J connectivity index is 1.78. The van der Waals surface area contributed by atoms with E-state index < -0.39 is 0 Å². The number of carbonyl (C=O) groups is 1. The third-order valence-corrected chi connectivity index (χ3v) is 4.08. The molecule has 2 aromatic heterocycles. The van der Waals surface area contributed by atoms with Crippen molar-refractivity contribution < 1.29 is 4.79 Å². The molecular weight excluding hydrogens is 284 g/mol. The summed E-state index contributed by atoms with van der Waals surface area (Å²) < 4.78 is 1.67. The number of aryl methyl sites for hydroxylation is 2. The van der Waals surface area contributed by atoms with Gasteiger partial charge in [-0.1, -0.05) is 18.2 Å². The van der Waals surface area contributed by atoms with Gasteiger partial charge in [0.25, 0.3) is 5.91 Å². The summed E-state index contributed by atoms with van der Waals surface area (Å²) in [6.45, 7) is 3.90. The van der Waals surface area contributed by atoms with Crippen LogP contribution in [-0.4, -0.2) is 20.7 Å². The second kappa shape index (κ2) is 5.49. The van der Waals surface area contributed by atoms with Crippen molar-refractivity contribution in [2.45, 2.75) is 13.8 Å². The fraction of sp³-hybridized carbons (Fsp3) is 0.133. The van der Waals surface area contributed by atoms with Crippen LogP contribution in [0.5, 0.6) is 0 Å². The van der Waals surface area contributed by atoms with Gasteiger partial charge in [-0.05, 0) is 32.0 Å². The quantitative estimate of drug-likeness (QED) is 0.807. The molecule has 5 nitrogen and oxygen atoms in total. The SMILES string of the molecule is Cc1nc(NC(=O)c2ccn(-c3ccccc3)n2)sc1C. The number of hydrogen-bond donors (Lipinski definition) is 1. The molecule has 0 bridgehead atoms. The summed E-state index contributed by atoms with van der Waals surface area (Å²) in [6.07, 6.45) is 1.77. The van der Waals surface area contributed by atoms with Crippen LogP contribution in [0.25, 0.3) is 5.69 Å².